The summed E-state index contributed by atoms with van der Waals surface area (Å²) in [4.78, 5) is 22.1. The van der Waals surface area contributed by atoms with E-state index < -0.39 is 10.8 Å². The fraction of sp³-hybridized carbons (Fsp3) is 0.0667. The van der Waals surface area contributed by atoms with E-state index in [0.29, 0.717) is 5.75 Å². The number of nitro benzene ring substituents is 1. The molecule has 8 heteroatoms. The molecule has 23 heavy (non-hydrogen) atoms. The minimum Gasteiger partial charge on any atom is -0.497 e. The monoisotopic (exact) mass is 333 g/mol. The molecule has 0 fully saturated rings. The summed E-state index contributed by atoms with van der Waals surface area (Å²) in [6.07, 6.45) is 1.45. The molecule has 1 amide bonds. The zero-order chi connectivity index (χ0) is 16.8. The summed E-state index contributed by atoms with van der Waals surface area (Å²) in [6, 6.07) is 10.8. The van der Waals surface area contributed by atoms with Crippen LogP contribution in [0.1, 0.15) is 15.9 Å². The number of carbonyl (C=O) groups is 1. The van der Waals surface area contributed by atoms with Crippen LogP contribution in [0, 0.1) is 10.1 Å². The van der Waals surface area contributed by atoms with Crippen LogP contribution in [-0.2, 0) is 0 Å². The van der Waals surface area contributed by atoms with Gasteiger partial charge < -0.3 is 4.74 Å². The standard InChI is InChI=1S/C15H12ClN3O4/c1-23-12-5-2-10(3-6-12)9-17-18-15(20)11-4-7-13(16)14(8-11)19(21)22/h2-9H,1H3,(H,18,20). The SMILES string of the molecule is COc1ccc(C=NNC(=O)c2ccc(Cl)c([N+](=O)[O-])c2)cc1. The summed E-state index contributed by atoms with van der Waals surface area (Å²) in [5.41, 5.74) is 2.81. The van der Waals surface area contributed by atoms with E-state index in [2.05, 4.69) is 10.5 Å². The maximum atomic E-state index is 11.9. The van der Waals surface area contributed by atoms with E-state index in [0.717, 1.165) is 11.6 Å². The number of ether oxygens (including phenoxy) is 1. The van der Waals surface area contributed by atoms with Crippen molar-refractivity contribution in [3.63, 3.8) is 0 Å². The number of carbonyl (C=O) groups excluding carboxylic acids is 1. The highest BCUT2D eigenvalue weighted by atomic mass is 35.5. The molecule has 2 rings (SSSR count). The number of nitrogens with zero attached hydrogens (tertiary/aromatic N) is 2. The van der Waals surface area contributed by atoms with Crippen LogP contribution in [0.3, 0.4) is 0 Å². The molecule has 0 unspecified atom stereocenters. The summed E-state index contributed by atoms with van der Waals surface area (Å²) in [5, 5.41) is 14.6. The molecule has 118 valence electrons. The largest absolute Gasteiger partial charge is 0.497 e. The van der Waals surface area contributed by atoms with Crippen LogP contribution in [0.25, 0.3) is 0 Å². The minimum atomic E-state index is -0.653. The summed E-state index contributed by atoms with van der Waals surface area (Å²) in [5.74, 6) is 0.134. The number of nitro groups is 1. The lowest BCUT2D eigenvalue weighted by Gasteiger charge is -2.01. The van der Waals surface area contributed by atoms with Gasteiger partial charge in [0.25, 0.3) is 11.6 Å². The van der Waals surface area contributed by atoms with Gasteiger partial charge >= 0.3 is 0 Å². The van der Waals surface area contributed by atoms with Crippen molar-refractivity contribution in [2.45, 2.75) is 0 Å². The van der Waals surface area contributed by atoms with Crippen LogP contribution in [-0.4, -0.2) is 24.2 Å². The molecule has 0 atom stereocenters. The number of amides is 1. The van der Waals surface area contributed by atoms with Crippen molar-refractivity contribution >= 4 is 29.4 Å². The average molecular weight is 334 g/mol. The summed E-state index contributed by atoms with van der Waals surface area (Å²) in [7, 11) is 1.56. The zero-order valence-electron chi connectivity index (χ0n) is 12.0. The average Bonchev–Trinajstić information content (AvgIpc) is 2.55. The Hall–Kier alpha value is -2.93. The molecule has 0 aliphatic heterocycles. The smallest absolute Gasteiger partial charge is 0.288 e. The van der Waals surface area contributed by atoms with Gasteiger partial charge in [-0.25, -0.2) is 5.43 Å². The predicted octanol–water partition coefficient (Wildman–Crippen LogP) is 3.02. The Bertz CT molecular complexity index is 760. The number of hydrogen-bond donors (Lipinski definition) is 1. The third-order valence-corrected chi connectivity index (χ3v) is 3.22. The number of methoxy groups -OCH3 is 1. The number of hydrazone groups is 1. The third kappa shape index (κ3) is 4.27. The molecule has 0 radical (unpaired) electrons. The van der Waals surface area contributed by atoms with Gasteiger partial charge in [0, 0.05) is 11.6 Å². The summed E-state index contributed by atoms with van der Waals surface area (Å²) in [6.45, 7) is 0. The first-order chi connectivity index (χ1) is 11.0. The van der Waals surface area contributed by atoms with Crippen LogP contribution in [0.5, 0.6) is 5.75 Å². The fourth-order valence-corrected chi connectivity index (χ4v) is 1.90. The van der Waals surface area contributed by atoms with Crippen molar-refractivity contribution in [1.29, 1.82) is 0 Å². The fourth-order valence-electron chi connectivity index (χ4n) is 1.71. The third-order valence-electron chi connectivity index (χ3n) is 2.90. The molecule has 0 bridgehead atoms. The Labute approximate surface area is 136 Å². The molecule has 0 aromatic heterocycles. The van der Waals surface area contributed by atoms with E-state index in [4.69, 9.17) is 16.3 Å². The molecule has 0 saturated carbocycles. The van der Waals surface area contributed by atoms with Gasteiger partial charge in [-0.1, -0.05) is 11.6 Å². The Kier molecular flexibility index (Phi) is 5.27. The molecule has 0 spiro atoms. The van der Waals surface area contributed by atoms with Gasteiger partial charge in [-0.2, -0.15) is 5.10 Å². The Morgan fingerprint density at radius 1 is 1.30 bits per heavy atom. The predicted molar refractivity (Wildman–Crippen MR) is 86.2 cm³/mol. The van der Waals surface area contributed by atoms with E-state index in [1.807, 2.05) is 0 Å². The second-order valence-corrected chi connectivity index (χ2v) is 4.80. The molecule has 0 heterocycles. The lowest BCUT2D eigenvalue weighted by molar-refractivity contribution is -0.384. The quantitative estimate of drug-likeness (QED) is 0.517. The Balaban J connectivity index is 2.05. The van der Waals surface area contributed by atoms with Gasteiger partial charge in [-0.05, 0) is 42.0 Å². The van der Waals surface area contributed by atoms with Gasteiger partial charge in [0.1, 0.15) is 10.8 Å². The molecular formula is C15H12ClN3O4. The molecule has 0 aliphatic carbocycles. The van der Waals surface area contributed by atoms with Crippen molar-refractivity contribution in [3.05, 3.63) is 68.7 Å². The number of benzene rings is 2. The van der Waals surface area contributed by atoms with Crippen LogP contribution in [0.2, 0.25) is 5.02 Å². The van der Waals surface area contributed by atoms with Crippen molar-refractivity contribution in [3.8, 4) is 5.75 Å². The first-order valence-corrected chi connectivity index (χ1v) is 6.80. The summed E-state index contributed by atoms with van der Waals surface area (Å²) < 4.78 is 5.03. The lowest BCUT2D eigenvalue weighted by atomic mass is 10.2. The van der Waals surface area contributed by atoms with E-state index in [9.17, 15) is 14.9 Å². The minimum absolute atomic E-state index is 0.0340. The molecular weight excluding hydrogens is 322 g/mol. The second kappa shape index (κ2) is 7.37. The highest BCUT2D eigenvalue weighted by Crippen LogP contribution is 2.24. The number of rotatable bonds is 5. The van der Waals surface area contributed by atoms with Crippen molar-refractivity contribution in [1.82, 2.24) is 5.43 Å². The Morgan fingerprint density at radius 3 is 2.61 bits per heavy atom. The Morgan fingerprint density at radius 2 is 2.00 bits per heavy atom. The van der Waals surface area contributed by atoms with Gasteiger partial charge in [0.15, 0.2) is 0 Å². The van der Waals surface area contributed by atoms with Gasteiger partial charge in [-0.15, -0.1) is 0 Å². The van der Waals surface area contributed by atoms with Gasteiger partial charge in [-0.3, -0.25) is 14.9 Å². The van der Waals surface area contributed by atoms with E-state index in [1.54, 1.807) is 31.4 Å². The van der Waals surface area contributed by atoms with Crippen molar-refractivity contribution < 1.29 is 14.5 Å². The second-order valence-electron chi connectivity index (χ2n) is 4.40. The molecule has 2 aromatic carbocycles. The lowest BCUT2D eigenvalue weighted by Crippen LogP contribution is -2.17. The first-order valence-electron chi connectivity index (χ1n) is 6.42. The maximum absolute atomic E-state index is 11.9. The first kappa shape index (κ1) is 16.4. The number of nitrogens with one attached hydrogen (secondary N) is 1. The van der Waals surface area contributed by atoms with Crippen molar-refractivity contribution in [2.75, 3.05) is 7.11 Å². The number of hydrogen-bond acceptors (Lipinski definition) is 5. The van der Waals surface area contributed by atoms with Crippen LogP contribution in [0.4, 0.5) is 5.69 Å². The normalized spacial score (nSPS) is 10.5. The van der Waals surface area contributed by atoms with E-state index in [1.165, 1.54) is 18.3 Å². The van der Waals surface area contributed by atoms with Crippen LogP contribution < -0.4 is 10.2 Å². The van der Waals surface area contributed by atoms with E-state index in [-0.39, 0.29) is 16.3 Å². The molecule has 0 aliphatic rings. The highest BCUT2D eigenvalue weighted by Gasteiger charge is 2.15. The van der Waals surface area contributed by atoms with E-state index >= 15 is 0 Å². The number of halogens is 1. The molecule has 2 aromatic rings. The van der Waals surface area contributed by atoms with Crippen LogP contribution in [0.15, 0.2) is 47.6 Å². The maximum Gasteiger partial charge on any atom is 0.288 e. The molecule has 7 nitrogen and oxygen atoms in total. The molecule has 0 saturated heterocycles. The van der Waals surface area contributed by atoms with Gasteiger partial charge in [0.05, 0.1) is 18.2 Å². The highest BCUT2D eigenvalue weighted by molar-refractivity contribution is 6.32. The molecule has 1 N–H and O–H groups in total. The summed E-state index contributed by atoms with van der Waals surface area (Å²) >= 11 is 5.69. The van der Waals surface area contributed by atoms with Gasteiger partial charge in [0.2, 0.25) is 0 Å². The topological polar surface area (TPSA) is 93.8 Å². The van der Waals surface area contributed by atoms with Crippen LogP contribution >= 0.6 is 11.6 Å². The zero-order valence-corrected chi connectivity index (χ0v) is 12.8. The van der Waals surface area contributed by atoms with Crippen molar-refractivity contribution in [2.24, 2.45) is 5.10 Å².